The van der Waals surface area contributed by atoms with Gasteiger partial charge in [0.1, 0.15) is 0 Å². The molecule has 0 aliphatic rings. The molecule has 0 heterocycles. The van der Waals surface area contributed by atoms with E-state index in [1.807, 2.05) is 54.6 Å². The van der Waals surface area contributed by atoms with E-state index in [9.17, 15) is 9.90 Å². The first-order chi connectivity index (χ1) is 10.6. The van der Waals surface area contributed by atoms with Gasteiger partial charge < -0.3 is 10.4 Å². The second-order valence-electron chi connectivity index (χ2n) is 5.31. The van der Waals surface area contributed by atoms with Crippen LogP contribution in [0.15, 0.2) is 59.5 Å². The lowest BCUT2D eigenvalue weighted by Gasteiger charge is -2.17. The number of carbonyl (C=O) groups excluding carboxylic acids is 1. The number of aliphatic hydroxyl groups is 1. The van der Waals surface area contributed by atoms with Crippen LogP contribution in [0.3, 0.4) is 0 Å². The number of rotatable bonds is 6. The van der Waals surface area contributed by atoms with E-state index in [1.54, 1.807) is 11.8 Å². The van der Waals surface area contributed by atoms with Crippen molar-refractivity contribution in [2.45, 2.75) is 30.0 Å². The molecule has 22 heavy (non-hydrogen) atoms. The van der Waals surface area contributed by atoms with Gasteiger partial charge >= 0.3 is 0 Å². The van der Waals surface area contributed by atoms with Crippen LogP contribution >= 0.6 is 11.8 Å². The standard InChI is InChI=1S/C18H21NO2S/c1-13(2)22-16-10-8-15(9-11-16)18(21)19-17(12-20)14-6-4-3-5-7-14/h3-11,13,17,20H,12H2,1-2H3,(H,19,21). The SMILES string of the molecule is CC(C)Sc1ccc(C(=O)NC(CO)c2ccccc2)cc1. The second kappa shape index (κ2) is 8.01. The Morgan fingerprint density at radius 2 is 1.73 bits per heavy atom. The van der Waals surface area contributed by atoms with E-state index in [1.165, 1.54) is 0 Å². The molecule has 0 aromatic heterocycles. The number of thioether (sulfide) groups is 1. The molecule has 2 aromatic rings. The minimum atomic E-state index is -0.390. The molecule has 1 unspecified atom stereocenters. The third kappa shape index (κ3) is 4.61. The van der Waals surface area contributed by atoms with Crippen LogP contribution in [0.25, 0.3) is 0 Å². The largest absolute Gasteiger partial charge is 0.394 e. The molecule has 116 valence electrons. The Labute approximate surface area is 135 Å². The van der Waals surface area contributed by atoms with Gasteiger partial charge in [-0.15, -0.1) is 11.8 Å². The van der Waals surface area contributed by atoms with Crippen molar-refractivity contribution < 1.29 is 9.90 Å². The molecule has 0 fully saturated rings. The first kappa shape index (κ1) is 16.6. The fraction of sp³-hybridized carbons (Fsp3) is 0.278. The molecule has 0 radical (unpaired) electrons. The quantitative estimate of drug-likeness (QED) is 0.800. The molecule has 0 spiro atoms. The maximum Gasteiger partial charge on any atom is 0.251 e. The van der Waals surface area contributed by atoms with Crippen LogP contribution in [-0.2, 0) is 0 Å². The second-order valence-corrected chi connectivity index (χ2v) is 6.96. The zero-order valence-corrected chi connectivity index (χ0v) is 13.6. The molecular formula is C18H21NO2S. The number of carbonyl (C=O) groups is 1. The molecule has 0 bridgehead atoms. The van der Waals surface area contributed by atoms with Gasteiger partial charge in [0.15, 0.2) is 0 Å². The molecule has 1 amide bonds. The number of amides is 1. The van der Waals surface area contributed by atoms with Crippen LogP contribution in [0.4, 0.5) is 0 Å². The highest BCUT2D eigenvalue weighted by Crippen LogP contribution is 2.23. The highest BCUT2D eigenvalue weighted by atomic mass is 32.2. The predicted octanol–water partition coefficient (Wildman–Crippen LogP) is 3.65. The Morgan fingerprint density at radius 3 is 2.27 bits per heavy atom. The Hall–Kier alpha value is -1.78. The molecule has 0 saturated carbocycles. The molecular weight excluding hydrogens is 294 g/mol. The maximum atomic E-state index is 12.3. The van der Waals surface area contributed by atoms with Gasteiger partial charge in [0.25, 0.3) is 5.91 Å². The van der Waals surface area contributed by atoms with Gasteiger partial charge in [0.2, 0.25) is 0 Å². The average molecular weight is 315 g/mol. The average Bonchev–Trinajstić information content (AvgIpc) is 2.53. The van der Waals surface area contributed by atoms with E-state index in [-0.39, 0.29) is 12.5 Å². The molecule has 0 aliphatic heterocycles. The van der Waals surface area contributed by atoms with Crippen molar-refractivity contribution >= 4 is 17.7 Å². The lowest BCUT2D eigenvalue weighted by molar-refractivity contribution is 0.0916. The summed E-state index contributed by atoms with van der Waals surface area (Å²) in [5, 5.41) is 12.9. The third-order valence-corrected chi connectivity index (χ3v) is 4.19. The monoisotopic (exact) mass is 315 g/mol. The van der Waals surface area contributed by atoms with E-state index in [0.29, 0.717) is 10.8 Å². The Balaban J connectivity index is 2.04. The van der Waals surface area contributed by atoms with Crippen molar-refractivity contribution in [2.24, 2.45) is 0 Å². The smallest absolute Gasteiger partial charge is 0.251 e. The number of aliphatic hydroxyl groups excluding tert-OH is 1. The highest BCUT2D eigenvalue weighted by Gasteiger charge is 2.14. The molecule has 1 atom stereocenters. The Morgan fingerprint density at radius 1 is 1.09 bits per heavy atom. The van der Waals surface area contributed by atoms with E-state index in [0.717, 1.165) is 10.5 Å². The summed E-state index contributed by atoms with van der Waals surface area (Å²) in [4.78, 5) is 13.4. The number of benzene rings is 2. The summed E-state index contributed by atoms with van der Waals surface area (Å²) in [5.41, 5.74) is 1.49. The van der Waals surface area contributed by atoms with Crippen molar-refractivity contribution in [2.75, 3.05) is 6.61 Å². The summed E-state index contributed by atoms with van der Waals surface area (Å²) >= 11 is 1.76. The zero-order valence-electron chi connectivity index (χ0n) is 12.8. The lowest BCUT2D eigenvalue weighted by Crippen LogP contribution is -2.30. The van der Waals surface area contributed by atoms with Gasteiger partial charge in [0.05, 0.1) is 12.6 Å². The van der Waals surface area contributed by atoms with E-state index < -0.39 is 6.04 Å². The van der Waals surface area contributed by atoms with Crippen LogP contribution in [0.2, 0.25) is 0 Å². The summed E-state index contributed by atoms with van der Waals surface area (Å²) in [5.74, 6) is -0.177. The summed E-state index contributed by atoms with van der Waals surface area (Å²) in [6.45, 7) is 4.14. The predicted molar refractivity (Wildman–Crippen MR) is 91.2 cm³/mol. The van der Waals surface area contributed by atoms with Gasteiger partial charge in [-0.2, -0.15) is 0 Å². The summed E-state index contributed by atoms with van der Waals surface area (Å²) in [7, 11) is 0. The number of hydrogen-bond acceptors (Lipinski definition) is 3. The zero-order chi connectivity index (χ0) is 15.9. The molecule has 2 N–H and O–H groups in total. The highest BCUT2D eigenvalue weighted by molar-refractivity contribution is 7.99. The van der Waals surface area contributed by atoms with Crippen LogP contribution in [-0.4, -0.2) is 22.9 Å². The minimum absolute atomic E-state index is 0.128. The number of nitrogens with one attached hydrogen (secondary N) is 1. The summed E-state index contributed by atoms with van der Waals surface area (Å²) < 4.78 is 0. The topological polar surface area (TPSA) is 49.3 Å². The van der Waals surface area contributed by atoms with Crippen LogP contribution in [0.5, 0.6) is 0 Å². The molecule has 4 heteroatoms. The van der Waals surface area contributed by atoms with E-state index >= 15 is 0 Å². The Bertz CT molecular complexity index is 596. The normalized spacial score (nSPS) is 12.2. The molecule has 0 saturated heterocycles. The summed E-state index contributed by atoms with van der Waals surface area (Å²) in [6.07, 6.45) is 0. The first-order valence-corrected chi connectivity index (χ1v) is 8.21. The minimum Gasteiger partial charge on any atom is -0.394 e. The van der Waals surface area contributed by atoms with Crippen LogP contribution < -0.4 is 5.32 Å². The first-order valence-electron chi connectivity index (χ1n) is 7.33. The van der Waals surface area contributed by atoms with Crippen LogP contribution in [0.1, 0.15) is 35.8 Å². The van der Waals surface area contributed by atoms with Crippen molar-refractivity contribution in [3.63, 3.8) is 0 Å². The van der Waals surface area contributed by atoms with Gasteiger partial charge in [-0.1, -0.05) is 44.2 Å². The molecule has 3 nitrogen and oxygen atoms in total. The van der Waals surface area contributed by atoms with Gasteiger partial charge in [-0.25, -0.2) is 0 Å². The molecule has 0 aliphatic carbocycles. The van der Waals surface area contributed by atoms with E-state index in [4.69, 9.17) is 0 Å². The summed E-state index contributed by atoms with van der Waals surface area (Å²) in [6, 6.07) is 16.6. The van der Waals surface area contributed by atoms with Gasteiger partial charge in [0, 0.05) is 15.7 Å². The fourth-order valence-electron chi connectivity index (χ4n) is 2.12. The Kier molecular flexibility index (Phi) is 6.04. The molecule has 2 rings (SSSR count). The van der Waals surface area contributed by atoms with Crippen molar-refractivity contribution in [1.82, 2.24) is 5.32 Å². The van der Waals surface area contributed by atoms with E-state index in [2.05, 4.69) is 19.2 Å². The fourth-order valence-corrected chi connectivity index (χ4v) is 2.96. The van der Waals surface area contributed by atoms with Crippen molar-refractivity contribution in [3.8, 4) is 0 Å². The van der Waals surface area contributed by atoms with Crippen molar-refractivity contribution in [3.05, 3.63) is 65.7 Å². The third-order valence-electron chi connectivity index (χ3n) is 3.18. The number of hydrogen-bond donors (Lipinski definition) is 2. The lowest BCUT2D eigenvalue weighted by atomic mass is 10.1. The van der Waals surface area contributed by atoms with Gasteiger partial charge in [-0.05, 0) is 29.8 Å². The van der Waals surface area contributed by atoms with Gasteiger partial charge in [-0.3, -0.25) is 4.79 Å². The van der Waals surface area contributed by atoms with Crippen molar-refractivity contribution in [1.29, 1.82) is 0 Å². The maximum absolute atomic E-state index is 12.3. The van der Waals surface area contributed by atoms with Crippen LogP contribution in [0, 0.1) is 0 Å². The molecule has 2 aromatic carbocycles.